The quantitative estimate of drug-likeness (QED) is 0.136. The number of ether oxygens (including phenoxy) is 6. The van der Waals surface area contributed by atoms with Crippen molar-refractivity contribution in [2.45, 2.75) is 57.1 Å². The van der Waals surface area contributed by atoms with Gasteiger partial charge in [-0.3, -0.25) is 0 Å². The van der Waals surface area contributed by atoms with Crippen LogP contribution in [-0.2, 0) is 54.8 Å². The third kappa shape index (κ3) is 9.22. The van der Waals surface area contributed by atoms with E-state index in [9.17, 15) is 4.79 Å². The molecule has 0 bridgehead atoms. The Balaban J connectivity index is 1.31. The molecule has 0 spiro atoms. The molecule has 1 aliphatic rings. The Morgan fingerprint density at radius 3 is 1.51 bits per heavy atom. The van der Waals surface area contributed by atoms with Gasteiger partial charge in [0.15, 0.2) is 6.29 Å². The van der Waals surface area contributed by atoms with Crippen LogP contribution >= 0.6 is 0 Å². The van der Waals surface area contributed by atoms with Crippen LogP contribution < -0.4 is 0 Å². The van der Waals surface area contributed by atoms with Crippen molar-refractivity contribution < 1.29 is 33.2 Å². The molecule has 9 nitrogen and oxygen atoms in total. The maximum absolute atomic E-state index is 12.9. The molecule has 0 radical (unpaired) electrons. The van der Waals surface area contributed by atoms with Gasteiger partial charge in [-0.05, 0) is 22.3 Å². The van der Waals surface area contributed by atoms with Gasteiger partial charge in [0.1, 0.15) is 37.4 Å². The zero-order chi connectivity index (χ0) is 32.1. The Labute approximate surface area is 274 Å². The van der Waals surface area contributed by atoms with E-state index in [2.05, 4.69) is 4.98 Å². The normalized spacial score (nSPS) is 20.9. The lowest BCUT2D eigenvalue weighted by atomic mass is 9.97. The topological polar surface area (TPSA) is 90.3 Å². The standard InChI is InChI=1S/C38H38N2O7/c41-38(40-22-21-39-28-40)46-27-33-34(42-23-29-13-5-1-6-14-29)35(43-24-30-15-7-2-8-16-30)36(44-25-31-17-9-3-10-18-31)37(47-33)45-26-32-19-11-4-12-20-32/h1-22,28,33-37H,23-27H2. The summed E-state index contributed by atoms with van der Waals surface area (Å²) in [5, 5.41) is 0. The zero-order valence-corrected chi connectivity index (χ0v) is 26.0. The van der Waals surface area contributed by atoms with E-state index in [1.807, 2.05) is 121 Å². The Morgan fingerprint density at radius 1 is 0.596 bits per heavy atom. The first-order chi connectivity index (χ1) is 23.2. The number of carbonyl (C=O) groups excluding carboxylic acids is 1. The van der Waals surface area contributed by atoms with Crippen LogP contribution in [0.5, 0.6) is 0 Å². The van der Waals surface area contributed by atoms with Crippen LogP contribution in [0, 0.1) is 0 Å². The summed E-state index contributed by atoms with van der Waals surface area (Å²) >= 11 is 0. The van der Waals surface area contributed by atoms with E-state index in [0.717, 1.165) is 22.3 Å². The fourth-order valence-corrected chi connectivity index (χ4v) is 5.36. The second-order valence-corrected chi connectivity index (χ2v) is 11.2. The van der Waals surface area contributed by atoms with Crippen LogP contribution in [0.4, 0.5) is 4.79 Å². The van der Waals surface area contributed by atoms with E-state index in [1.165, 1.54) is 23.3 Å². The van der Waals surface area contributed by atoms with E-state index in [4.69, 9.17) is 28.4 Å². The van der Waals surface area contributed by atoms with Crippen molar-refractivity contribution >= 4 is 6.09 Å². The number of aromatic nitrogens is 2. The molecule has 0 aliphatic carbocycles. The average molecular weight is 635 g/mol. The minimum atomic E-state index is -0.867. The minimum absolute atomic E-state index is 0.113. The highest BCUT2D eigenvalue weighted by molar-refractivity contribution is 5.69. The zero-order valence-electron chi connectivity index (χ0n) is 26.0. The number of rotatable bonds is 14. The van der Waals surface area contributed by atoms with Gasteiger partial charge in [0, 0.05) is 12.4 Å². The summed E-state index contributed by atoms with van der Waals surface area (Å²) < 4.78 is 39.9. The minimum Gasteiger partial charge on any atom is -0.446 e. The van der Waals surface area contributed by atoms with Gasteiger partial charge in [-0.2, -0.15) is 0 Å². The van der Waals surface area contributed by atoms with Crippen LogP contribution in [0.2, 0.25) is 0 Å². The number of imidazole rings is 1. The van der Waals surface area contributed by atoms with Gasteiger partial charge < -0.3 is 28.4 Å². The molecule has 6 rings (SSSR count). The molecule has 1 fully saturated rings. The number of hydrogen-bond donors (Lipinski definition) is 0. The van der Waals surface area contributed by atoms with Crippen molar-refractivity contribution in [3.8, 4) is 0 Å². The van der Waals surface area contributed by atoms with Gasteiger partial charge in [0.05, 0.1) is 26.4 Å². The van der Waals surface area contributed by atoms with E-state index >= 15 is 0 Å². The van der Waals surface area contributed by atoms with E-state index < -0.39 is 36.8 Å². The monoisotopic (exact) mass is 634 g/mol. The molecule has 0 amide bonds. The SMILES string of the molecule is O=C(OCC1OC(OCc2ccccc2)C(OCc2ccccc2)C(OCc2ccccc2)C1OCc1ccccc1)n1ccnc1. The fourth-order valence-electron chi connectivity index (χ4n) is 5.36. The largest absolute Gasteiger partial charge is 0.446 e. The van der Waals surface area contributed by atoms with Gasteiger partial charge in [-0.15, -0.1) is 0 Å². The molecule has 0 N–H and O–H groups in total. The highest BCUT2D eigenvalue weighted by Gasteiger charge is 2.49. The van der Waals surface area contributed by atoms with Crippen molar-refractivity contribution in [2.75, 3.05) is 6.61 Å². The number of carbonyl (C=O) groups is 1. The summed E-state index contributed by atoms with van der Waals surface area (Å²) in [5.74, 6) is 0. The van der Waals surface area contributed by atoms with E-state index in [1.54, 1.807) is 0 Å². The van der Waals surface area contributed by atoms with Crippen molar-refractivity contribution in [2.24, 2.45) is 0 Å². The molecule has 0 saturated carbocycles. The van der Waals surface area contributed by atoms with Crippen molar-refractivity contribution in [1.82, 2.24) is 9.55 Å². The first kappa shape index (κ1) is 32.3. The highest BCUT2D eigenvalue weighted by atomic mass is 16.7. The molecule has 5 atom stereocenters. The number of nitrogens with zero attached hydrogens (tertiary/aromatic N) is 2. The predicted molar refractivity (Wildman–Crippen MR) is 174 cm³/mol. The van der Waals surface area contributed by atoms with Crippen molar-refractivity contribution in [3.05, 3.63) is 162 Å². The summed E-state index contributed by atoms with van der Waals surface area (Å²) in [5.41, 5.74) is 3.94. The second kappa shape index (κ2) is 16.8. The van der Waals surface area contributed by atoms with E-state index in [0.29, 0.717) is 13.2 Å². The predicted octanol–water partition coefficient (Wildman–Crippen LogP) is 6.57. The third-order valence-electron chi connectivity index (χ3n) is 7.79. The molecule has 5 unspecified atom stereocenters. The van der Waals surface area contributed by atoms with Gasteiger partial charge in [-0.1, -0.05) is 121 Å². The lowest BCUT2D eigenvalue weighted by Crippen LogP contribution is -2.61. The maximum atomic E-state index is 12.9. The molecule has 1 aliphatic heterocycles. The molecule has 47 heavy (non-hydrogen) atoms. The molecule has 9 heteroatoms. The molecule has 5 aromatic rings. The number of hydrogen-bond acceptors (Lipinski definition) is 8. The molecule has 2 heterocycles. The van der Waals surface area contributed by atoms with Crippen LogP contribution in [0.15, 0.2) is 140 Å². The molecule has 1 aromatic heterocycles. The molecule has 4 aromatic carbocycles. The third-order valence-corrected chi connectivity index (χ3v) is 7.79. The van der Waals surface area contributed by atoms with Crippen molar-refractivity contribution in [3.63, 3.8) is 0 Å². The highest BCUT2D eigenvalue weighted by Crippen LogP contribution is 2.32. The van der Waals surface area contributed by atoms with Crippen LogP contribution in [0.3, 0.4) is 0 Å². The van der Waals surface area contributed by atoms with Gasteiger partial charge in [-0.25, -0.2) is 14.3 Å². The molecule has 242 valence electrons. The lowest BCUT2D eigenvalue weighted by molar-refractivity contribution is -0.329. The summed E-state index contributed by atoms with van der Waals surface area (Å²) in [6.07, 6.45) is 0.192. The average Bonchev–Trinajstić information content (AvgIpc) is 3.68. The fraction of sp³-hybridized carbons (Fsp3) is 0.263. The summed E-state index contributed by atoms with van der Waals surface area (Å²) in [7, 11) is 0. The Hall–Kier alpha value is -4.64. The smallest absolute Gasteiger partial charge is 0.419 e. The van der Waals surface area contributed by atoms with Crippen LogP contribution in [0.1, 0.15) is 22.3 Å². The summed E-state index contributed by atoms with van der Waals surface area (Å²) in [4.78, 5) is 16.8. The van der Waals surface area contributed by atoms with Crippen molar-refractivity contribution in [1.29, 1.82) is 0 Å². The Kier molecular flexibility index (Phi) is 11.5. The maximum Gasteiger partial charge on any atom is 0.419 e. The Bertz CT molecular complexity index is 1610. The lowest BCUT2D eigenvalue weighted by Gasteiger charge is -2.45. The molecular weight excluding hydrogens is 596 g/mol. The Morgan fingerprint density at radius 2 is 1.04 bits per heavy atom. The van der Waals surface area contributed by atoms with Crippen LogP contribution in [0.25, 0.3) is 0 Å². The van der Waals surface area contributed by atoms with Gasteiger partial charge >= 0.3 is 6.09 Å². The molecular formula is C38H38N2O7. The molecule has 1 saturated heterocycles. The van der Waals surface area contributed by atoms with Crippen LogP contribution in [-0.4, -0.2) is 53.0 Å². The van der Waals surface area contributed by atoms with Gasteiger partial charge in [0.2, 0.25) is 0 Å². The first-order valence-corrected chi connectivity index (χ1v) is 15.7. The summed E-state index contributed by atoms with van der Waals surface area (Å²) in [6, 6.07) is 39.6. The van der Waals surface area contributed by atoms with E-state index in [-0.39, 0.29) is 19.8 Å². The van der Waals surface area contributed by atoms with Gasteiger partial charge in [0.25, 0.3) is 0 Å². The first-order valence-electron chi connectivity index (χ1n) is 15.7. The second-order valence-electron chi connectivity index (χ2n) is 11.2. The number of benzene rings is 4. The summed E-state index contributed by atoms with van der Waals surface area (Å²) in [6.45, 7) is 1.05.